The smallest absolute Gasteiger partial charge is 0.253 e. The standard InChI is InChI=1S/C15H16FN3O/c1-9-4-3-5-12(16)14(9)19-13-8-10(17)6-7-11(13)15(20)18-2/h3-8,19H,17H2,1-2H3,(H,18,20). The molecule has 0 spiro atoms. The maximum absolute atomic E-state index is 13.9. The van der Waals surface area contributed by atoms with E-state index in [4.69, 9.17) is 5.73 Å². The van der Waals surface area contributed by atoms with Gasteiger partial charge in [-0.3, -0.25) is 4.79 Å². The van der Waals surface area contributed by atoms with Crippen molar-refractivity contribution in [1.82, 2.24) is 5.32 Å². The zero-order chi connectivity index (χ0) is 14.7. The Morgan fingerprint density at radius 1 is 1.25 bits per heavy atom. The molecule has 0 aromatic heterocycles. The average Bonchev–Trinajstić information content (AvgIpc) is 2.42. The average molecular weight is 273 g/mol. The van der Waals surface area contributed by atoms with Crippen LogP contribution in [-0.2, 0) is 0 Å². The number of nitrogens with one attached hydrogen (secondary N) is 2. The predicted octanol–water partition coefficient (Wildman–Crippen LogP) is 2.82. The fraction of sp³-hybridized carbons (Fsp3) is 0.133. The van der Waals surface area contributed by atoms with Gasteiger partial charge in [-0.25, -0.2) is 4.39 Å². The van der Waals surface area contributed by atoms with Crippen LogP contribution in [0, 0.1) is 12.7 Å². The molecule has 2 rings (SSSR count). The molecule has 0 atom stereocenters. The minimum atomic E-state index is -0.379. The van der Waals surface area contributed by atoms with Gasteiger partial charge in [0.25, 0.3) is 5.91 Å². The molecular weight excluding hydrogens is 257 g/mol. The summed E-state index contributed by atoms with van der Waals surface area (Å²) < 4.78 is 13.9. The minimum Gasteiger partial charge on any atom is -0.399 e. The third-order valence-corrected chi connectivity index (χ3v) is 3.00. The second-order valence-corrected chi connectivity index (χ2v) is 4.44. The van der Waals surface area contributed by atoms with Gasteiger partial charge in [0, 0.05) is 12.7 Å². The first-order chi connectivity index (χ1) is 9.52. The van der Waals surface area contributed by atoms with Gasteiger partial charge in [-0.15, -0.1) is 0 Å². The summed E-state index contributed by atoms with van der Waals surface area (Å²) in [5.41, 5.74) is 8.19. The molecule has 0 unspecified atom stereocenters. The molecule has 4 nitrogen and oxygen atoms in total. The molecule has 0 aliphatic rings. The maximum atomic E-state index is 13.9. The monoisotopic (exact) mass is 273 g/mol. The summed E-state index contributed by atoms with van der Waals surface area (Å²) in [4.78, 5) is 11.8. The summed E-state index contributed by atoms with van der Waals surface area (Å²) in [5, 5.41) is 5.49. The minimum absolute atomic E-state index is 0.263. The summed E-state index contributed by atoms with van der Waals surface area (Å²) in [5.74, 6) is -0.642. The molecule has 1 amide bonds. The number of benzene rings is 2. The quantitative estimate of drug-likeness (QED) is 0.753. The van der Waals surface area contributed by atoms with Gasteiger partial charge in [-0.2, -0.15) is 0 Å². The molecule has 2 aromatic rings. The molecule has 0 aliphatic carbocycles. The first-order valence-electron chi connectivity index (χ1n) is 6.16. The summed E-state index contributed by atoms with van der Waals surface area (Å²) in [6.07, 6.45) is 0. The number of rotatable bonds is 3. The van der Waals surface area contributed by atoms with Crippen molar-refractivity contribution in [2.45, 2.75) is 6.92 Å². The molecule has 0 saturated carbocycles. The number of amides is 1. The van der Waals surface area contributed by atoms with Gasteiger partial charge in [0.1, 0.15) is 5.82 Å². The lowest BCUT2D eigenvalue weighted by molar-refractivity contribution is 0.0964. The molecule has 0 fully saturated rings. The van der Waals surface area contributed by atoms with Crippen LogP contribution in [0.4, 0.5) is 21.5 Å². The Bertz CT molecular complexity index is 635. The van der Waals surface area contributed by atoms with Crippen LogP contribution < -0.4 is 16.4 Å². The second kappa shape index (κ2) is 5.61. The van der Waals surface area contributed by atoms with Gasteiger partial charge in [-0.05, 0) is 36.8 Å². The summed E-state index contributed by atoms with van der Waals surface area (Å²) >= 11 is 0. The topological polar surface area (TPSA) is 67.2 Å². The Morgan fingerprint density at radius 3 is 2.65 bits per heavy atom. The Hall–Kier alpha value is -2.56. The van der Waals surface area contributed by atoms with Crippen molar-refractivity contribution in [3.05, 3.63) is 53.3 Å². The van der Waals surface area contributed by atoms with E-state index in [1.165, 1.54) is 13.1 Å². The van der Waals surface area contributed by atoms with E-state index >= 15 is 0 Å². The molecule has 4 N–H and O–H groups in total. The van der Waals surface area contributed by atoms with Crippen LogP contribution in [0.3, 0.4) is 0 Å². The van der Waals surface area contributed by atoms with Crippen LogP contribution in [0.1, 0.15) is 15.9 Å². The van der Waals surface area contributed by atoms with Crippen LogP contribution in [0.2, 0.25) is 0 Å². The second-order valence-electron chi connectivity index (χ2n) is 4.44. The van der Waals surface area contributed by atoms with E-state index in [0.717, 1.165) is 5.56 Å². The number of aryl methyl sites for hydroxylation is 1. The van der Waals surface area contributed by atoms with Crippen molar-refractivity contribution in [1.29, 1.82) is 0 Å². The lowest BCUT2D eigenvalue weighted by Crippen LogP contribution is -2.19. The van der Waals surface area contributed by atoms with E-state index < -0.39 is 0 Å². The lowest BCUT2D eigenvalue weighted by atomic mass is 10.1. The van der Waals surface area contributed by atoms with Gasteiger partial charge >= 0.3 is 0 Å². The first kappa shape index (κ1) is 13.9. The van der Waals surface area contributed by atoms with Crippen molar-refractivity contribution in [2.75, 3.05) is 18.1 Å². The Kier molecular flexibility index (Phi) is 3.89. The van der Waals surface area contributed by atoms with Gasteiger partial charge in [0.2, 0.25) is 0 Å². The number of halogens is 1. The highest BCUT2D eigenvalue weighted by atomic mass is 19.1. The molecule has 2 aromatic carbocycles. The number of para-hydroxylation sites is 1. The maximum Gasteiger partial charge on any atom is 0.253 e. The van der Waals surface area contributed by atoms with Gasteiger partial charge in [-0.1, -0.05) is 12.1 Å². The molecular formula is C15H16FN3O. The van der Waals surface area contributed by atoms with Gasteiger partial charge in [0.05, 0.1) is 16.9 Å². The number of anilines is 3. The SMILES string of the molecule is CNC(=O)c1ccc(N)cc1Nc1c(C)cccc1F. The highest BCUT2D eigenvalue weighted by Gasteiger charge is 2.13. The summed E-state index contributed by atoms with van der Waals surface area (Å²) in [6, 6.07) is 9.63. The lowest BCUT2D eigenvalue weighted by Gasteiger charge is -2.14. The zero-order valence-corrected chi connectivity index (χ0v) is 11.3. The van der Waals surface area contributed by atoms with Crippen molar-refractivity contribution in [3.8, 4) is 0 Å². The summed E-state index contributed by atoms with van der Waals surface area (Å²) in [6.45, 7) is 1.79. The van der Waals surface area contributed by atoms with Crippen molar-refractivity contribution in [2.24, 2.45) is 0 Å². The first-order valence-corrected chi connectivity index (χ1v) is 6.16. The Labute approximate surface area is 116 Å². The number of carbonyl (C=O) groups is 1. The molecule has 0 aliphatic heterocycles. The van der Waals surface area contributed by atoms with E-state index in [2.05, 4.69) is 10.6 Å². The van der Waals surface area contributed by atoms with Crippen molar-refractivity contribution < 1.29 is 9.18 Å². The van der Waals surface area contributed by atoms with Crippen molar-refractivity contribution in [3.63, 3.8) is 0 Å². The highest BCUT2D eigenvalue weighted by molar-refractivity contribution is 6.00. The number of nitrogens with two attached hydrogens (primary N) is 1. The molecule has 20 heavy (non-hydrogen) atoms. The van der Waals surface area contributed by atoms with E-state index in [1.807, 2.05) is 0 Å². The Morgan fingerprint density at radius 2 is 2.00 bits per heavy atom. The summed E-state index contributed by atoms with van der Waals surface area (Å²) in [7, 11) is 1.54. The fourth-order valence-electron chi connectivity index (χ4n) is 1.92. The molecule has 0 heterocycles. The Balaban J connectivity index is 2.47. The third kappa shape index (κ3) is 2.71. The molecule has 104 valence electrons. The fourth-order valence-corrected chi connectivity index (χ4v) is 1.92. The third-order valence-electron chi connectivity index (χ3n) is 3.00. The van der Waals surface area contributed by atoms with Crippen LogP contribution in [-0.4, -0.2) is 13.0 Å². The molecule has 5 heteroatoms. The number of nitrogen functional groups attached to an aromatic ring is 1. The van der Waals surface area contributed by atoms with Gasteiger partial charge in [0.15, 0.2) is 0 Å². The number of hydrogen-bond donors (Lipinski definition) is 3. The molecule has 0 radical (unpaired) electrons. The van der Waals surface area contributed by atoms with Crippen LogP contribution in [0.25, 0.3) is 0 Å². The van der Waals surface area contributed by atoms with Crippen LogP contribution in [0.15, 0.2) is 36.4 Å². The largest absolute Gasteiger partial charge is 0.399 e. The highest BCUT2D eigenvalue weighted by Crippen LogP contribution is 2.27. The van der Waals surface area contributed by atoms with Gasteiger partial charge < -0.3 is 16.4 Å². The normalized spacial score (nSPS) is 10.2. The van der Waals surface area contributed by atoms with E-state index in [1.54, 1.807) is 37.3 Å². The number of carbonyl (C=O) groups excluding carboxylic acids is 1. The van der Waals surface area contributed by atoms with E-state index in [-0.39, 0.29) is 11.7 Å². The van der Waals surface area contributed by atoms with Crippen LogP contribution in [0.5, 0.6) is 0 Å². The molecule has 0 bridgehead atoms. The zero-order valence-electron chi connectivity index (χ0n) is 11.3. The predicted molar refractivity (Wildman–Crippen MR) is 78.7 cm³/mol. The number of hydrogen-bond acceptors (Lipinski definition) is 3. The van der Waals surface area contributed by atoms with E-state index in [9.17, 15) is 9.18 Å². The van der Waals surface area contributed by atoms with Crippen molar-refractivity contribution >= 4 is 23.0 Å². The molecule has 0 saturated heterocycles. The van der Waals surface area contributed by atoms with E-state index in [0.29, 0.717) is 22.6 Å². The van der Waals surface area contributed by atoms with Crippen LogP contribution >= 0.6 is 0 Å².